The highest BCUT2D eigenvalue weighted by molar-refractivity contribution is 5.85. The molecular weight excluding hydrogens is 322 g/mol. The van der Waals surface area contributed by atoms with E-state index in [1.807, 2.05) is 24.3 Å². The molecule has 0 radical (unpaired) electrons. The molecule has 1 atom stereocenters. The predicted octanol–water partition coefficient (Wildman–Crippen LogP) is 0.00980. The van der Waals surface area contributed by atoms with Gasteiger partial charge in [-0.25, -0.2) is 9.48 Å². The molecule has 0 saturated heterocycles. The number of rotatable bonds is 3. The van der Waals surface area contributed by atoms with Gasteiger partial charge < -0.3 is 21.1 Å². The first kappa shape index (κ1) is 15.4. The summed E-state index contributed by atoms with van der Waals surface area (Å²) < 4.78 is 3.08. The van der Waals surface area contributed by atoms with E-state index in [4.69, 9.17) is 5.73 Å². The van der Waals surface area contributed by atoms with Crippen LogP contribution in [-0.4, -0.2) is 30.4 Å². The number of hydrogen-bond donors (Lipinski definition) is 4. The van der Waals surface area contributed by atoms with Crippen LogP contribution in [0.2, 0.25) is 0 Å². The number of nitrogens with zero attached hydrogens (tertiary/aromatic N) is 4. The van der Waals surface area contributed by atoms with Gasteiger partial charge >= 0.3 is 5.69 Å². The van der Waals surface area contributed by atoms with Gasteiger partial charge in [0.2, 0.25) is 5.96 Å². The Labute approximate surface area is 142 Å². The molecule has 0 aliphatic carbocycles. The molecule has 1 aliphatic heterocycles. The van der Waals surface area contributed by atoms with Crippen LogP contribution < -0.4 is 16.7 Å². The van der Waals surface area contributed by atoms with Gasteiger partial charge in [0.15, 0.2) is 5.82 Å². The standard InChI is InChI=1S/C16H17N7O2/c17-13-12-14(21-15(20-13)23-6-2-5-18-23)22(16(25)19-12)8-10-3-1-4-11(7-10)9-24/h1-7,13,24H,8-9,17H2,(H,19,25)(H,20,21). The van der Waals surface area contributed by atoms with Crippen LogP contribution in [0.15, 0.2) is 52.5 Å². The second kappa shape index (κ2) is 6.04. The van der Waals surface area contributed by atoms with Crippen LogP contribution in [0.1, 0.15) is 23.0 Å². The third-order valence-electron chi connectivity index (χ3n) is 4.03. The van der Waals surface area contributed by atoms with Crippen LogP contribution in [0.25, 0.3) is 0 Å². The molecule has 0 spiro atoms. The predicted molar refractivity (Wildman–Crippen MR) is 91.3 cm³/mol. The van der Waals surface area contributed by atoms with E-state index in [0.29, 0.717) is 24.0 Å². The lowest BCUT2D eigenvalue weighted by Gasteiger charge is -2.21. The van der Waals surface area contributed by atoms with Gasteiger partial charge in [0, 0.05) is 12.4 Å². The summed E-state index contributed by atoms with van der Waals surface area (Å²) in [5.41, 5.74) is 8.03. The molecule has 1 aromatic carbocycles. The summed E-state index contributed by atoms with van der Waals surface area (Å²) in [6.45, 7) is 0.269. The fourth-order valence-electron chi connectivity index (χ4n) is 2.83. The molecule has 9 heteroatoms. The van der Waals surface area contributed by atoms with Gasteiger partial charge in [-0.1, -0.05) is 24.3 Å². The molecule has 1 unspecified atom stereocenters. The number of aromatic amines is 1. The highest BCUT2D eigenvalue weighted by Crippen LogP contribution is 2.25. The number of benzene rings is 1. The third kappa shape index (κ3) is 2.75. The molecule has 128 valence electrons. The average Bonchev–Trinajstić information content (AvgIpc) is 3.25. The summed E-state index contributed by atoms with van der Waals surface area (Å²) in [5, 5.41) is 16.4. The van der Waals surface area contributed by atoms with Gasteiger partial charge in [-0.2, -0.15) is 10.1 Å². The van der Waals surface area contributed by atoms with E-state index in [2.05, 4.69) is 20.4 Å². The molecule has 0 bridgehead atoms. The average molecular weight is 339 g/mol. The third-order valence-corrected chi connectivity index (χ3v) is 4.03. The highest BCUT2D eigenvalue weighted by atomic mass is 16.3. The Hall–Kier alpha value is -3.17. The first-order chi connectivity index (χ1) is 12.2. The molecule has 9 nitrogen and oxygen atoms in total. The van der Waals surface area contributed by atoms with Gasteiger partial charge in [0.25, 0.3) is 0 Å². The zero-order chi connectivity index (χ0) is 17.4. The first-order valence-corrected chi connectivity index (χ1v) is 7.78. The number of imidazole rings is 1. The monoisotopic (exact) mass is 339 g/mol. The van der Waals surface area contributed by atoms with Crippen molar-refractivity contribution in [1.82, 2.24) is 24.6 Å². The molecule has 0 fully saturated rings. The van der Waals surface area contributed by atoms with Crippen molar-refractivity contribution in [2.45, 2.75) is 19.3 Å². The second-order valence-electron chi connectivity index (χ2n) is 5.74. The number of aliphatic hydroxyl groups excluding tert-OH is 1. The lowest BCUT2D eigenvalue weighted by atomic mass is 10.1. The van der Waals surface area contributed by atoms with Crippen LogP contribution in [0.3, 0.4) is 0 Å². The Morgan fingerprint density at radius 3 is 2.88 bits per heavy atom. The zero-order valence-electron chi connectivity index (χ0n) is 13.3. The van der Waals surface area contributed by atoms with Gasteiger partial charge in [-0.05, 0) is 17.2 Å². The van der Waals surface area contributed by atoms with E-state index in [0.717, 1.165) is 11.1 Å². The maximum atomic E-state index is 12.4. The topological polar surface area (TPSA) is 126 Å². The molecule has 3 aromatic rings. The molecule has 2 aromatic heterocycles. The van der Waals surface area contributed by atoms with E-state index >= 15 is 0 Å². The number of aliphatic hydroxyl groups is 1. The van der Waals surface area contributed by atoms with Crippen molar-refractivity contribution in [3.63, 3.8) is 0 Å². The second-order valence-corrected chi connectivity index (χ2v) is 5.74. The summed E-state index contributed by atoms with van der Waals surface area (Å²) in [4.78, 5) is 19.7. The quantitative estimate of drug-likeness (QED) is 0.535. The Balaban J connectivity index is 1.77. The maximum absolute atomic E-state index is 12.4. The number of nitrogens with one attached hydrogen (secondary N) is 2. The number of fused-ring (bicyclic) bond motifs is 1. The van der Waals surface area contributed by atoms with E-state index < -0.39 is 6.17 Å². The molecule has 0 amide bonds. The van der Waals surface area contributed by atoms with Crippen molar-refractivity contribution in [2.24, 2.45) is 10.7 Å². The minimum Gasteiger partial charge on any atom is -0.392 e. The maximum Gasteiger partial charge on any atom is 0.327 e. The smallest absolute Gasteiger partial charge is 0.327 e. The largest absolute Gasteiger partial charge is 0.392 e. The van der Waals surface area contributed by atoms with Crippen LogP contribution in [-0.2, 0) is 13.2 Å². The van der Waals surface area contributed by atoms with Crippen molar-refractivity contribution in [3.05, 3.63) is 70.0 Å². The number of nitrogens with two attached hydrogens (primary N) is 1. The van der Waals surface area contributed by atoms with Crippen LogP contribution in [0, 0.1) is 0 Å². The van der Waals surface area contributed by atoms with E-state index in [9.17, 15) is 9.90 Å². The molecule has 1 aliphatic rings. The van der Waals surface area contributed by atoms with Crippen LogP contribution in [0.4, 0.5) is 5.82 Å². The van der Waals surface area contributed by atoms with Crippen molar-refractivity contribution in [2.75, 3.05) is 0 Å². The van der Waals surface area contributed by atoms with Gasteiger partial charge in [0.1, 0.15) is 11.9 Å². The van der Waals surface area contributed by atoms with Crippen molar-refractivity contribution >= 4 is 11.8 Å². The lowest BCUT2D eigenvalue weighted by Crippen LogP contribution is -2.40. The Bertz CT molecular complexity index is 984. The number of aromatic nitrogens is 4. The summed E-state index contributed by atoms with van der Waals surface area (Å²) >= 11 is 0. The summed E-state index contributed by atoms with van der Waals surface area (Å²) in [7, 11) is 0. The number of aliphatic imine (C=N–C) groups is 1. The SMILES string of the molecule is NC1NC(n2cccn2)=Nc2c1[nH]c(=O)n2Cc1cccc(CO)c1. The molecule has 0 saturated carbocycles. The van der Waals surface area contributed by atoms with Gasteiger partial charge in [-0.15, -0.1) is 0 Å². The van der Waals surface area contributed by atoms with Crippen molar-refractivity contribution in [1.29, 1.82) is 0 Å². The van der Waals surface area contributed by atoms with E-state index in [-0.39, 0.29) is 12.3 Å². The van der Waals surface area contributed by atoms with Gasteiger partial charge in [-0.3, -0.25) is 4.57 Å². The summed E-state index contributed by atoms with van der Waals surface area (Å²) in [6.07, 6.45) is 2.78. The van der Waals surface area contributed by atoms with Crippen molar-refractivity contribution in [3.8, 4) is 0 Å². The number of hydrogen-bond acceptors (Lipinski definition) is 6. The van der Waals surface area contributed by atoms with Gasteiger partial charge in [0.05, 0.1) is 13.2 Å². The minimum atomic E-state index is -0.593. The lowest BCUT2D eigenvalue weighted by molar-refractivity contribution is 0.281. The molecule has 25 heavy (non-hydrogen) atoms. The van der Waals surface area contributed by atoms with E-state index in [1.54, 1.807) is 23.1 Å². The number of H-pyrrole nitrogens is 1. The molecule has 4 rings (SSSR count). The Morgan fingerprint density at radius 2 is 2.12 bits per heavy atom. The molecule has 5 N–H and O–H groups in total. The molecule has 3 heterocycles. The Kier molecular flexibility index (Phi) is 3.71. The summed E-state index contributed by atoms with van der Waals surface area (Å²) in [5.74, 6) is 0.915. The summed E-state index contributed by atoms with van der Waals surface area (Å²) in [6, 6.07) is 9.19. The van der Waals surface area contributed by atoms with Crippen molar-refractivity contribution < 1.29 is 5.11 Å². The highest BCUT2D eigenvalue weighted by Gasteiger charge is 2.25. The normalized spacial score (nSPS) is 16.2. The Morgan fingerprint density at radius 1 is 1.28 bits per heavy atom. The fraction of sp³-hybridized carbons (Fsp3) is 0.188. The van der Waals surface area contributed by atoms with Crippen LogP contribution >= 0.6 is 0 Å². The van der Waals surface area contributed by atoms with Crippen LogP contribution in [0.5, 0.6) is 0 Å². The fourth-order valence-corrected chi connectivity index (χ4v) is 2.83. The first-order valence-electron chi connectivity index (χ1n) is 7.78. The molecular formula is C16H17N7O2. The van der Waals surface area contributed by atoms with E-state index in [1.165, 1.54) is 4.57 Å². The minimum absolute atomic E-state index is 0.0512. The zero-order valence-corrected chi connectivity index (χ0v) is 13.3.